The SMILES string of the molecule is CN(C)C(=O)N(CC(=O)N1CCn2cccc2[C@@H]1c1cccc(Cl)c1)C1CC1. The van der Waals surface area contributed by atoms with E-state index in [9.17, 15) is 9.59 Å². The van der Waals surface area contributed by atoms with E-state index in [1.807, 2.05) is 41.4 Å². The number of amides is 3. The summed E-state index contributed by atoms with van der Waals surface area (Å²) >= 11 is 6.23. The number of fused-ring (bicyclic) bond motifs is 1. The molecule has 0 N–H and O–H groups in total. The fourth-order valence-electron chi connectivity index (χ4n) is 3.91. The van der Waals surface area contributed by atoms with Gasteiger partial charge in [-0.15, -0.1) is 0 Å². The van der Waals surface area contributed by atoms with Gasteiger partial charge in [-0.25, -0.2) is 4.79 Å². The van der Waals surface area contributed by atoms with Crippen LogP contribution in [0.2, 0.25) is 5.02 Å². The van der Waals surface area contributed by atoms with Crippen LogP contribution in [0, 0.1) is 0 Å². The second-order valence-electron chi connectivity index (χ2n) is 7.71. The number of rotatable bonds is 4. The number of carbonyl (C=O) groups excluding carboxylic acids is 2. The molecule has 1 atom stereocenters. The van der Waals surface area contributed by atoms with Crippen molar-refractivity contribution < 1.29 is 9.59 Å². The minimum atomic E-state index is -0.203. The van der Waals surface area contributed by atoms with E-state index in [0.717, 1.165) is 30.6 Å². The average molecular weight is 401 g/mol. The molecule has 1 aromatic heterocycles. The monoisotopic (exact) mass is 400 g/mol. The molecule has 4 rings (SSSR count). The number of nitrogens with zero attached hydrogens (tertiary/aromatic N) is 4. The summed E-state index contributed by atoms with van der Waals surface area (Å²) in [5.74, 6) is -0.0282. The summed E-state index contributed by atoms with van der Waals surface area (Å²) in [6, 6.07) is 11.6. The van der Waals surface area contributed by atoms with Crippen molar-refractivity contribution in [3.05, 3.63) is 58.9 Å². The summed E-state index contributed by atoms with van der Waals surface area (Å²) in [7, 11) is 3.45. The molecule has 1 fully saturated rings. The van der Waals surface area contributed by atoms with Crippen LogP contribution in [0.15, 0.2) is 42.6 Å². The lowest BCUT2D eigenvalue weighted by molar-refractivity contribution is -0.134. The van der Waals surface area contributed by atoms with Gasteiger partial charge >= 0.3 is 6.03 Å². The van der Waals surface area contributed by atoms with Crippen LogP contribution in [0.25, 0.3) is 0 Å². The molecule has 1 aliphatic carbocycles. The lowest BCUT2D eigenvalue weighted by atomic mass is 9.99. The quantitative estimate of drug-likeness (QED) is 0.791. The Morgan fingerprint density at radius 2 is 1.93 bits per heavy atom. The van der Waals surface area contributed by atoms with E-state index < -0.39 is 0 Å². The van der Waals surface area contributed by atoms with Gasteiger partial charge in [0.1, 0.15) is 6.54 Å². The fourth-order valence-corrected chi connectivity index (χ4v) is 4.11. The molecule has 148 valence electrons. The largest absolute Gasteiger partial charge is 0.348 e. The van der Waals surface area contributed by atoms with Gasteiger partial charge in [-0.2, -0.15) is 0 Å². The van der Waals surface area contributed by atoms with E-state index in [4.69, 9.17) is 11.6 Å². The Morgan fingerprint density at radius 3 is 2.61 bits per heavy atom. The third-order valence-corrected chi connectivity index (χ3v) is 5.68. The summed E-state index contributed by atoms with van der Waals surface area (Å²) in [5.41, 5.74) is 2.05. The molecular weight excluding hydrogens is 376 g/mol. The van der Waals surface area contributed by atoms with Crippen LogP contribution in [0.3, 0.4) is 0 Å². The normalized spacial score (nSPS) is 18.5. The molecule has 1 aliphatic heterocycles. The van der Waals surface area contributed by atoms with Gasteiger partial charge in [0.15, 0.2) is 0 Å². The van der Waals surface area contributed by atoms with E-state index in [2.05, 4.69) is 10.6 Å². The Labute approximate surface area is 170 Å². The Bertz CT molecular complexity index is 890. The predicted molar refractivity (Wildman–Crippen MR) is 108 cm³/mol. The highest BCUT2D eigenvalue weighted by atomic mass is 35.5. The summed E-state index contributed by atoms with van der Waals surface area (Å²) < 4.78 is 2.18. The van der Waals surface area contributed by atoms with Gasteiger partial charge in [-0.05, 0) is 42.7 Å². The first-order valence-corrected chi connectivity index (χ1v) is 10.0. The van der Waals surface area contributed by atoms with Gasteiger partial charge in [0, 0.05) is 50.1 Å². The molecule has 2 aromatic rings. The van der Waals surface area contributed by atoms with Crippen molar-refractivity contribution in [1.82, 2.24) is 19.3 Å². The Balaban J connectivity index is 1.63. The minimum Gasteiger partial charge on any atom is -0.348 e. The van der Waals surface area contributed by atoms with E-state index in [1.54, 1.807) is 23.9 Å². The molecule has 7 heteroatoms. The molecule has 1 saturated carbocycles. The Kier molecular flexibility index (Phi) is 5.06. The van der Waals surface area contributed by atoms with Crippen molar-refractivity contribution in [3.8, 4) is 0 Å². The number of hydrogen-bond donors (Lipinski definition) is 0. The van der Waals surface area contributed by atoms with Gasteiger partial charge < -0.3 is 19.3 Å². The molecule has 6 nitrogen and oxygen atoms in total. The lowest BCUT2D eigenvalue weighted by Crippen LogP contribution is -2.50. The summed E-state index contributed by atoms with van der Waals surface area (Å²) in [6.45, 7) is 1.46. The van der Waals surface area contributed by atoms with Gasteiger partial charge in [0.2, 0.25) is 5.91 Å². The maximum atomic E-state index is 13.3. The standard InChI is InChI=1S/C21H25ClN4O2/c1-23(2)21(28)26(17-8-9-17)14-19(27)25-12-11-24-10-4-7-18(24)20(25)15-5-3-6-16(22)13-15/h3-7,10,13,17,20H,8-9,11-12,14H2,1-2H3/t20-/m0/s1. The summed E-state index contributed by atoms with van der Waals surface area (Å²) in [5, 5.41) is 0.649. The van der Waals surface area contributed by atoms with Crippen molar-refractivity contribution in [2.24, 2.45) is 0 Å². The number of halogens is 1. The number of aromatic nitrogens is 1. The highest BCUT2D eigenvalue weighted by Gasteiger charge is 2.38. The topological polar surface area (TPSA) is 48.8 Å². The second-order valence-corrected chi connectivity index (χ2v) is 8.14. The van der Waals surface area contributed by atoms with Crippen LogP contribution in [0.4, 0.5) is 4.79 Å². The van der Waals surface area contributed by atoms with Crippen molar-refractivity contribution in [2.75, 3.05) is 27.2 Å². The molecule has 0 saturated heterocycles. The van der Waals surface area contributed by atoms with Crippen LogP contribution in [0.5, 0.6) is 0 Å². The average Bonchev–Trinajstić information content (AvgIpc) is 3.40. The van der Waals surface area contributed by atoms with Gasteiger partial charge in [0.05, 0.1) is 6.04 Å². The second kappa shape index (κ2) is 7.51. The highest BCUT2D eigenvalue weighted by Crippen LogP contribution is 2.34. The first kappa shape index (κ1) is 18.9. The zero-order valence-corrected chi connectivity index (χ0v) is 17.0. The van der Waals surface area contributed by atoms with Crippen LogP contribution >= 0.6 is 11.6 Å². The minimum absolute atomic E-state index is 0.0282. The molecule has 0 bridgehead atoms. The molecule has 3 amide bonds. The van der Waals surface area contributed by atoms with Crippen molar-refractivity contribution in [2.45, 2.75) is 31.5 Å². The van der Waals surface area contributed by atoms with E-state index in [1.165, 1.54) is 0 Å². The number of carbonyl (C=O) groups is 2. The fraction of sp³-hybridized carbons (Fsp3) is 0.429. The van der Waals surface area contributed by atoms with Crippen molar-refractivity contribution >= 4 is 23.5 Å². The van der Waals surface area contributed by atoms with Crippen LogP contribution in [0.1, 0.15) is 30.1 Å². The zero-order chi connectivity index (χ0) is 19.8. The summed E-state index contributed by atoms with van der Waals surface area (Å²) in [6.07, 6.45) is 3.97. The van der Waals surface area contributed by atoms with Gasteiger partial charge in [0.25, 0.3) is 0 Å². The molecule has 0 spiro atoms. The van der Waals surface area contributed by atoms with Crippen LogP contribution in [-0.4, -0.2) is 64.4 Å². The van der Waals surface area contributed by atoms with Crippen LogP contribution < -0.4 is 0 Å². The van der Waals surface area contributed by atoms with Gasteiger partial charge in [-0.3, -0.25) is 4.79 Å². The molecule has 28 heavy (non-hydrogen) atoms. The van der Waals surface area contributed by atoms with Crippen molar-refractivity contribution in [3.63, 3.8) is 0 Å². The Hall–Kier alpha value is -2.47. The number of hydrogen-bond acceptors (Lipinski definition) is 2. The Morgan fingerprint density at radius 1 is 1.14 bits per heavy atom. The number of urea groups is 1. The van der Waals surface area contributed by atoms with Crippen molar-refractivity contribution in [1.29, 1.82) is 0 Å². The van der Waals surface area contributed by atoms with E-state index in [0.29, 0.717) is 11.6 Å². The third-order valence-electron chi connectivity index (χ3n) is 5.44. The first-order valence-electron chi connectivity index (χ1n) is 9.63. The van der Waals surface area contributed by atoms with Gasteiger partial charge in [-0.1, -0.05) is 23.7 Å². The zero-order valence-electron chi connectivity index (χ0n) is 16.2. The highest BCUT2D eigenvalue weighted by molar-refractivity contribution is 6.30. The maximum absolute atomic E-state index is 13.3. The van der Waals surface area contributed by atoms with E-state index >= 15 is 0 Å². The predicted octanol–water partition coefficient (Wildman–Crippen LogP) is 3.22. The molecular formula is C21H25ClN4O2. The number of benzene rings is 1. The molecule has 1 aromatic carbocycles. The maximum Gasteiger partial charge on any atom is 0.320 e. The molecule has 2 aliphatic rings. The smallest absolute Gasteiger partial charge is 0.320 e. The molecule has 2 heterocycles. The van der Waals surface area contributed by atoms with E-state index in [-0.39, 0.29) is 30.6 Å². The first-order chi connectivity index (χ1) is 13.5. The third kappa shape index (κ3) is 3.61. The molecule has 0 unspecified atom stereocenters. The van der Waals surface area contributed by atoms with Crippen LogP contribution in [-0.2, 0) is 11.3 Å². The molecule has 0 radical (unpaired) electrons. The summed E-state index contributed by atoms with van der Waals surface area (Å²) in [4.78, 5) is 31.0. The lowest BCUT2D eigenvalue weighted by Gasteiger charge is -2.38.